The molecule has 1 fully saturated rings. The van der Waals surface area contributed by atoms with Crippen molar-refractivity contribution in [3.8, 4) is 5.75 Å². The Morgan fingerprint density at radius 3 is 2.96 bits per heavy atom. The van der Waals surface area contributed by atoms with Gasteiger partial charge in [-0.3, -0.25) is 0 Å². The van der Waals surface area contributed by atoms with E-state index < -0.39 is 22.1 Å². The van der Waals surface area contributed by atoms with Crippen molar-refractivity contribution in [3.05, 3.63) is 23.8 Å². The van der Waals surface area contributed by atoms with Crippen molar-refractivity contribution >= 4 is 16.0 Å². The quantitative estimate of drug-likeness (QED) is 0.748. The highest BCUT2D eigenvalue weighted by molar-refractivity contribution is 7.89. The van der Waals surface area contributed by atoms with Gasteiger partial charge in [-0.15, -0.1) is 0 Å². The highest BCUT2D eigenvalue weighted by Crippen LogP contribution is 2.31. The first-order valence-corrected chi connectivity index (χ1v) is 10.1. The molecule has 1 saturated heterocycles. The van der Waals surface area contributed by atoms with E-state index in [1.54, 1.807) is 19.1 Å². The van der Waals surface area contributed by atoms with Crippen LogP contribution in [-0.2, 0) is 26.0 Å². The molecule has 8 heteroatoms. The minimum absolute atomic E-state index is 0.0805. The Morgan fingerprint density at radius 1 is 1.44 bits per heavy atom. The molecule has 2 N–H and O–H groups in total. The Morgan fingerprint density at radius 2 is 2.24 bits per heavy atom. The second-order valence-corrected chi connectivity index (χ2v) is 8.24. The topological polar surface area (TPSA) is 93.7 Å². The van der Waals surface area contributed by atoms with Crippen molar-refractivity contribution in [3.63, 3.8) is 0 Å². The molecule has 1 aromatic rings. The average Bonchev–Trinajstić information content (AvgIpc) is 3.00. The second kappa shape index (κ2) is 7.31. The maximum atomic E-state index is 12.7. The molecular formula is C17H24N2O5S. The van der Waals surface area contributed by atoms with E-state index in [-0.39, 0.29) is 23.5 Å². The Balaban J connectivity index is 1.74. The minimum Gasteiger partial charge on any atom is -0.478 e. The summed E-state index contributed by atoms with van der Waals surface area (Å²) in [5.74, 6) is 0.339. The van der Waals surface area contributed by atoms with Gasteiger partial charge in [-0.25, -0.2) is 17.9 Å². The molecule has 0 aliphatic carbocycles. The van der Waals surface area contributed by atoms with Crippen molar-refractivity contribution in [2.75, 3.05) is 19.7 Å². The van der Waals surface area contributed by atoms with Gasteiger partial charge in [0.05, 0.1) is 11.5 Å². The summed E-state index contributed by atoms with van der Waals surface area (Å²) in [7, 11) is -3.61. The van der Waals surface area contributed by atoms with Crippen LogP contribution in [0.25, 0.3) is 0 Å². The third-order valence-corrected chi connectivity index (χ3v) is 6.15. The van der Waals surface area contributed by atoms with Crippen LogP contribution in [0.5, 0.6) is 5.75 Å². The lowest BCUT2D eigenvalue weighted by molar-refractivity contribution is -0.150. The number of benzene rings is 1. The number of nitrogens with one attached hydrogen (secondary N) is 2. The summed E-state index contributed by atoms with van der Waals surface area (Å²) in [6.07, 6.45) is 0.381. The lowest BCUT2D eigenvalue weighted by Gasteiger charge is -2.30. The van der Waals surface area contributed by atoms with Gasteiger partial charge >= 0.3 is 5.97 Å². The van der Waals surface area contributed by atoms with Crippen molar-refractivity contribution in [1.82, 2.24) is 10.0 Å². The number of fused-ring (bicyclic) bond motifs is 1. The standard InChI is InChI=1S/C17H24N2O5S/c1-3-23-17(20)16-9-12-8-13(4-5-15(12)24-16)25(21,22)19-14-6-7-18-10-11(14)2/h4-5,8,11,14,16,18-19H,3,6-7,9-10H2,1-2H3. The summed E-state index contributed by atoms with van der Waals surface area (Å²) in [6.45, 7) is 5.65. The van der Waals surface area contributed by atoms with E-state index in [9.17, 15) is 13.2 Å². The van der Waals surface area contributed by atoms with Gasteiger partial charge in [0.25, 0.3) is 0 Å². The summed E-state index contributed by atoms with van der Waals surface area (Å²) < 4.78 is 38.7. The number of sulfonamides is 1. The number of carbonyl (C=O) groups is 1. The van der Waals surface area contributed by atoms with E-state index in [2.05, 4.69) is 10.0 Å². The predicted molar refractivity (Wildman–Crippen MR) is 92.0 cm³/mol. The van der Waals surface area contributed by atoms with E-state index in [0.29, 0.717) is 17.7 Å². The Hall–Kier alpha value is -1.64. The number of hydrogen-bond donors (Lipinski definition) is 2. The van der Waals surface area contributed by atoms with Gasteiger partial charge in [0.2, 0.25) is 10.0 Å². The molecule has 0 aromatic heterocycles. The summed E-state index contributed by atoms with van der Waals surface area (Å²) >= 11 is 0. The van der Waals surface area contributed by atoms with Crippen LogP contribution in [0.4, 0.5) is 0 Å². The lowest BCUT2D eigenvalue weighted by atomic mass is 9.97. The fourth-order valence-electron chi connectivity index (χ4n) is 3.22. The lowest BCUT2D eigenvalue weighted by Crippen LogP contribution is -2.48. The first-order valence-electron chi connectivity index (χ1n) is 8.60. The first-order chi connectivity index (χ1) is 11.9. The van der Waals surface area contributed by atoms with Crippen molar-refractivity contribution in [2.24, 2.45) is 5.92 Å². The summed E-state index contributed by atoms with van der Waals surface area (Å²) in [5.41, 5.74) is 0.708. The fraction of sp³-hybridized carbons (Fsp3) is 0.588. The molecule has 7 nitrogen and oxygen atoms in total. The molecule has 0 bridgehead atoms. The number of hydrogen-bond acceptors (Lipinski definition) is 6. The smallest absolute Gasteiger partial charge is 0.347 e. The third-order valence-electron chi connectivity index (χ3n) is 4.66. The Bertz CT molecular complexity index is 749. The summed E-state index contributed by atoms with van der Waals surface area (Å²) in [5, 5.41) is 3.25. The van der Waals surface area contributed by atoms with Gasteiger partial charge in [-0.05, 0) is 56.1 Å². The van der Waals surface area contributed by atoms with Crippen LogP contribution in [-0.4, -0.2) is 46.2 Å². The third kappa shape index (κ3) is 3.96. The molecule has 2 aliphatic heterocycles. The van der Waals surface area contributed by atoms with E-state index in [4.69, 9.17) is 9.47 Å². The molecule has 1 aromatic carbocycles. The highest BCUT2D eigenvalue weighted by atomic mass is 32.2. The predicted octanol–water partition coefficient (Wildman–Crippen LogP) is 0.830. The molecule has 138 valence electrons. The zero-order valence-corrected chi connectivity index (χ0v) is 15.3. The van der Waals surface area contributed by atoms with Crippen molar-refractivity contribution in [2.45, 2.75) is 43.7 Å². The van der Waals surface area contributed by atoms with Crippen molar-refractivity contribution < 1.29 is 22.7 Å². The second-order valence-electron chi connectivity index (χ2n) is 6.53. The highest BCUT2D eigenvalue weighted by Gasteiger charge is 2.32. The van der Waals surface area contributed by atoms with E-state index in [0.717, 1.165) is 19.5 Å². The molecular weight excluding hydrogens is 344 g/mol. The normalized spacial score (nSPS) is 25.9. The molecule has 0 amide bonds. The molecule has 0 saturated carbocycles. The SMILES string of the molecule is CCOC(=O)C1Cc2cc(S(=O)(=O)NC3CCNCC3C)ccc2O1. The van der Waals surface area contributed by atoms with Gasteiger partial charge < -0.3 is 14.8 Å². The Kier molecular flexibility index (Phi) is 5.31. The number of carbonyl (C=O) groups excluding carboxylic acids is 1. The fourth-order valence-corrected chi connectivity index (χ4v) is 4.64. The van der Waals surface area contributed by atoms with Crippen LogP contribution < -0.4 is 14.8 Å². The molecule has 3 unspecified atom stereocenters. The van der Waals surface area contributed by atoms with E-state index in [1.807, 2.05) is 6.92 Å². The van der Waals surface area contributed by atoms with Gasteiger partial charge in [0.1, 0.15) is 5.75 Å². The van der Waals surface area contributed by atoms with Crippen LogP contribution in [0.1, 0.15) is 25.8 Å². The minimum atomic E-state index is -3.61. The first kappa shape index (κ1) is 18.2. The molecule has 3 atom stereocenters. The molecule has 2 heterocycles. The number of ether oxygens (including phenoxy) is 2. The van der Waals surface area contributed by atoms with Gasteiger partial charge in [0.15, 0.2) is 6.10 Å². The summed E-state index contributed by atoms with van der Waals surface area (Å²) in [6, 6.07) is 4.63. The molecule has 0 radical (unpaired) electrons. The monoisotopic (exact) mass is 368 g/mol. The molecule has 3 rings (SSSR count). The number of rotatable bonds is 5. The van der Waals surface area contributed by atoms with Crippen LogP contribution in [0, 0.1) is 5.92 Å². The maximum absolute atomic E-state index is 12.7. The Labute approximate surface area is 148 Å². The van der Waals surface area contributed by atoms with E-state index in [1.165, 1.54) is 6.07 Å². The zero-order valence-electron chi connectivity index (χ0n) is 14.4. The number of esters is 1. The van der Waals surface area contributed by atoms with Gasteiger partial charge in [-0.1, -0.05) is 6.92 Å². The van der Waals surface area contributed by atoms with Crippen LogP contribution >= 0.6 is 0 Å². The van der Waals surface area contributed by atoms with Crippen molar-refractivity contribution in [1.29, 1.82) is 0 Å². The van der Waals surface area contributed by atoms with Gasteiger partial charge in [-0.2, -0.15) is 0 Å². The van der Waals surface area contributed by atoms with E-state index >= 15 is 0 Å². The number of piperidine rings is 1. The van der Waals surface area contributed by atoms with Crippen LogP contribution in [0.2, 0.25) is 0 Å². The average molecular weight is 368 g/mol. The van der Waals surface area contributed by atoms with Crippen LogP contribution in [0.15, 0.2) is 23.1 Å². The maximum Gasteiger partial charge on any atom is 0.347 e. The molecule has 25 heavy (non-hydrogen) atoms. The largest absolute Gasteiger partial charge is 0.478 e. The zero-order chi connectivity index (χ0) is 18.0. The van der Waals surface area contributed by atoms with Crippen LogP contribution in [0.3, 0.4) is 0 Å². The molecule has 0 spiro atoms. The molecule has 2 aliphatic rings. The summed E-state index contributed by atoms with van der Waals surface area (Å²) in [4.78, 5) is 12.0. The van der Waals surface area contributed by atoms with Gasteiger partial charge in [0, 0.05) is 12.5 Å².